The standard InChI is InChI=1S/C16H16F4N4O3/c1-3-21-15(26)7(2)22-16(27)10-4-5-11(25)24(23-10)14-12(19)8(17)6-9(18)13(14)20/h6-7H,3-5H2,1-2H3,(H,21,26)(H,22,27)/t7-/m1/s1. The second kappa shape index (κ2) is 8.14. The topological polar surface area (TPSA) is 90.9 Å². The van der Waals surface area contributed by atoms with Crippen molar-refractivity contribution < 1.29 is 31.9 Å². The molecule has 11 heteroatoms. The van der Waals surface area contributed by atoms with Crippen molar-refractivity contribution in [3.63, 3.8) is 0 Å². The number of benzene rings is 1. The van der Waals surface area contributed by atoms with Gasteiger partial charge in [-0.15, -0.1) is 0 Å². The van der Waals surface area contributed by atoms with E-state index in [9.17, 15) is 31.9 Å². The summed E-state index contributed by atoms with van der Waals surface area (Å²) in [7, 11) is 0. The molecule has 1 atom stereocenters. The number of hydrogen-bond acceptors (Lipinski definition) is 4. The zero-order valence-electron chi connectivity index (χ0n) is 14.4. The van der Waals surface area contributed by atoms with E-state index in [0.29, 0.717) is 6.54 Å². The second-order valence-corrected chi connectivity index (χ2v) is 5.66. The van der Waals surface area contributed by atoms with Gasteiger partial charge < -0.3 is 10.6 Å². The molecule has 0 fully saturated rings. The molecular weight excluding hydrogens is 372 g/mol. The van der Waals surface area contributed by atoms with Gasteiger partial charge in [-0.25, -0.2) is 17.6 Å². The fourth-order valence-corrected chi connectivity index (χ4v) is 2.31. The average molecular weight is 388 g/mol. The third kappa shape index (κ3) is 4.23. The first kappa shape index (κ1) is 20.3. The lowest BCUT2D eigenvalue weighted by Gasteiger charge is -2.24. The smallest absolute Gasteiger partial charge is 0.268 e. The highest BCUT2D eigenvalue weighted by molar-refractivity contribution is 6.40. The predicted molar refractivity (Wildman–Crippen MR) is 86.7 cm³/mol. The molecule has 1 aliphatic heterocycles. The molecule has 0 aliphatic carbocycles. The fourth-order valence-electron chi connectivity index (χ4n) is 2.31. The number of hydrogen-bond donors (Lipinski definition) is 2. The van der Waals surface area contributed by atoms with Crippen LogP contribution in [0.1, 0.15) is 26.7 Å². The lowest BCUT2D eigenvalue weighted by atomic mass is 10.1. The van der Waals surface area contributed by atoms with Crippen molar-refractivity contribution >= 4 is 29.1 Å². The largest absolute Gasteiger partial charge is 0.355 e. The SMILES string of the molecule is CCNC(=O)[C@@H](C)NC(=O)C1=NN(c2c(F)c(F)cc(F)c2F)C(=O)CC1. The Balaban J connectivity index is 2.33. The van der Waals surface area contributed by atoms with Crippen molar-refractivity contribution in [2.24, 2.45) is 5.10 Å². The van der Waals surface area contributed by atoms with E-state index in [1.165, 1.54) is 6.92 Å². The zero-order chi connectivity index (χ0) is 20.3. The summed E-state index contributed by atoms with van der Waals surface area (Å²) in [6.07, 6.45) is -0.552. The molecule has 0 bridgehead atoms. The van der Waals surface area contributed by atoms with Crippen LogP contribution in [-0.4, -0.2) is 36.0 Å². The quantitative estimate of drug-likeness (QED) is 0.590. The van der Waals surface area contributed by atoms with E-state index in [1.807, 2.05) is 0 Å². The van der Waals surface area contributed by atoms with Gasteiger partial charge in [0.1, 0.15) is 17.4 Å². The maximum Gasteiger partial charge on any atom is 0.268 e. The summed E-state index contributed by atoms with van der Waals surface area (Å²) >= 11 is 0. The number of hydrazone groups is 1. The minimum Gasteiger partial charge on any atom is -0.355 e. The third-order valence-corrected chi connectivity index (χ3v) is 3.69. The van der Waals surface area contributed by atoms with E-state index in [1.54, 1.807) is 6.92 Å². The first-order valence-corrected chi connectivity index (χ1v) is 7.99. The summed E-state index contributed by atoms with van der Waals surface area (Å²) < 4.78 is 54.7. The Labute approximate surface area is 151 Å². The molecule has 0 unspecified atom stereocenters. The molecular formula is C16H16F4N4O3. The molecule has 0 saturated heterocycles. The molecule has 146 valence electrons. The second-order valence-electron chi connectivity index (χ2n) is 5.66. The minimum absolute atomic E-state index is 0.00601. The fraction of sp³-hybridized carbons (Fsp3) is 0.375. The summed E-state index contributed by atoms with van der Waals surface area (Å²) in [5.74, 6) is -9.34. The molecule has 1 heterocycles. The Hall–Kier alpha value is -2.98. The van der Waals surface area contributed by atoms with E-state index in [2.05, 4.69) is 15.7 Å². The van der Waals surface area contributed by atoms with Crippen LogP contribution in [0.3, 0.4) is 0 Å². The molecule has 1 aliphatic rings. The number of rotatable bonds is 5. The third-order valence-electron chi connectivity index (χ3n) is 3.69. The molecule has 0 radical (unpaired) electrons. The van der Waals surface area contributed by atoms with Crippen LogP contribution in [0.15, 0.2) is 11.2 Å². The van der Waals surface area contributed by atoms with Crippen LogP contribution in [0.4, 0.5) is 23.2 Å². The van der Waals surface area contributed by atoms with Crippen molar-refractivity contribution in [1.29, 1.82) is 0 Å². The van der Waals surface area contributed by atoms with Crippen LogP contribution in [0.25, 0.3) is 0 Å². The molecule has 0 saturated carbocycles. The highest BCUT2D eigenvalue weighted by Gasteiger charge is 2.33. The highest BCUT2D eigenvalue weighted by atomic mass is 19.2. The van der Waals surface area contributed by atoms with Crippen molar-refractivity contribution in [2.45, 2.75) is 32.7 Å². The van der Waals surface area contributed by atoms with Gasteiger partial charge in [-0.05, 0) is 13.8 Å². The number of halogens is 4. The molecule has 27 heavy (non-hydrogen) atoms. The van der Waals surface area contributed by atoms with Crippen molar-refractivity contribution in [3.05, 3.63) is 29.3 Å². The Kier molecular flexibility index (Phi) is 6.13. The molecule has 3 amide bonds. The molecule has 2 N–H and O–H groups in total. The van der Waals surface area contributed by atoms with E-state index >= 15 is 0 Å². The highest BCUT2D eigenvalue weighted by Crippen LogP contribution is 2.30. The van der Waals surface area contributed by atoms with Gasteiger partial charge in [0.25, 0.3) is 5.91 Å². The number of amides is 3. The molecule has 1 aromatic carbocycles. The van der Waals surface area contributed by atoms with E-state index < -0.39 is 52.7 Å². The molecule has 1 aromatic rings. The van der Waals surface area contributed by atoms with Gasteiger partial charge in [0.05, 0.1) is 0 Å². The van der Waals surface area contributed by atoms with Crippen molar-refractivity contribution in [3.8, 4) is 0 Å². The van der Waals surface area contributed by atoms with Gasteiger partial charge in [-0.2, -0.15) is 10.1 Å². The van der Waals surface area contributed by atoms with Crippen molar-refractivity contribution in [2.75, 3.05) is 11.6 Å². The molecule has 0 spiro atoms. The van der Waals surface area contributed by atoms with Crippen LogP contribution < -0.4 is 15.6 Å². The molecule has 7 nitrogen and oxygen atoms in total. The van der Waals surface area contributed by atoms with Crippen LogP contribution >= 0.6 is 0 Å². The molecule has 0 aromatic heterocycles. The summed E-state index contributed by atoms with van der Waals surface area (Å²) in [5, 5.41) is 8.46. The maximum atomic E-state index is 13.9. The number of nitrogens with one attached hydrogen (secondary N) is 2. The van der Waals surface area contributed by atoms with Gasteiger partial charge in [0, 0.05) is 25.5 Å². The van der Waals surface area contributed by atoms with Gasteiger partial charge in [-0.1, -0.05) is 0 Å². The summed E-state index contributed by atoms with van der Waals surface area (Å²) in [5.41, 5.74) is -1.67. The predicted octanol–water partition coefficient (Wildman–Crippen LogP) is 1.37. The van der Waals surface area contributed by atoms with Gasteiger partial charge in [0.2, 0.25) is 11.8 Å². The van der Waals surface area contributed by atoms with Gasteiger partial charge >= 0.3 is 0 Å². The van der Waals surface area contributed by atoms with E-state index in [0.717, 1.165) is 0 Å². The number of carbonyl (C=O) groups is 3. The zero-order valence-corrected chi connectivity index (χ0v) is 14.4. The first-order valence-electron chi connectivity index (χ1n) is 7.99. The van der Waals surface area contributed by atoms with Gasteiger partial charge in [-0.3, -0.25) is 14.4 Å². The first-order chi connectivity index (χ1) is 12.7. The van der Waals surface area contributed by atoms with Gasteiger partial charge in [0.15, 0.2) is 23.3 Å². The summed E-state index contributed by atoms with van der Waals surface area (Å²) in [6.45, 7) is 3.42. The van der Waals surface area contributed by atoms with E-state index in [4.69, 9.17) is 0 Å². The normalized spacial score (nSPS) is 15.3. The number of nitrogens with zero attached hydrogens (tertiary/aromatic N) is 2. The maximum absolute atomic E-state index is 13.9. The van der Waals surface area contributed by atoms with Crippen molar-refractivity contribution in [1.82, 2.24) is 10.6 Å². The Morgan fingerprint density at radius 2 is 1.78 bits per heavy atom. The Morgan fingerprint density at radius 1 is 1.19 bits per heavy atom. The number of carbonyl (C=O) groups excluding carboxylic acids is 3. The average Bonchev–Trinajstić information content (AvgIpc) is 2.61. The molecule has 2 rings (SSSR count). The monoisotopic (exact) mass is 388 g/mol. The minimum atomic E-state index is -1.82. The summed E-state index contributed by atoms with van der Waals surface area (Å²) in [4.78, 5) is 35.8. The number of likely N-dealkylation sites (N-methyl/N-ethyl adjacent to an activating group) is 1. The van der Waals surface area contributed by atoms with Crippen LogP contribution in [0, 0.1) is 23.3 Å². The number of anilines is 1. The van der Waals surface area contributed by atoms with E-state index in [-0.39, 0.29) is 29.6 Å². The Bertz CT molecular complexity index is 802. The Morgan fingerprint density at radius 3 is 2.33 bits per heavy atom. The van der Waals surface area contributed by atoms with Crippen LogP contribution in [0.2, 0.25) is 0 Å². The lowest BCUT2D eigenvalue weighted by molar-refractivity contribution is -0.126. The van der Waals surface area contributed by atoms with Crippen LogP contribution in [0.5, 0.6) is 0 Å². The lowest BCUT2D eigenvalue weighted by Crippen LogP contribution is -2.48. The summed E-state index contributed by atoms with van der Waals surface area (Å²) in [6, 6.07) is -0.945. The van der Waals surface area contributed by atoms with Crippen LogP contribution in [-0.2, 0) is 14.4 Å².